The Morgan fingerprint density at radius 3 is 2.42 bits per heavy atom. The average molecular weight is 172 g/mol. The smallest absolute Gasteiger partial charge is 0.219 e. The highest BCUT2D eigenvalue weighted by Gasteiger charge is 2.22. The topological polar surface area (TPSA) is 55.1 Å². The van der Waals surface area contributed by atoms with Gasteiger partial charge >= 0.3 is 0 Å². The van der Waals surface area contributed by atoms with Gasteiger partial charge in [0.1, 0.15) is 0 Å². The molecule has 0 bridgehead atoms. The van der Waals surface area contributed by atoms with Gasteiger partial charge in [-0.1, -0.05) is 13.8 Å². The number of primary amides is 1. The van der Waals surface area contributed by atoms with E-state index in [9.17, 15) is 4.79 Å². The fourth-order valence-corrected chi connectivity index (χ4v) is 1.12. The monoisotopic (exact) mass is 172 g/mol. The first-order chi connectivity index (χ1) is 5.54. The molecule has 0 spiro atoms. The third-order valence-electron chi connectivity index (χ3n) is 2.15. The number of amides is 1. The van der Waals surface area contributed by atoms with Crippen LogP contribution in [-0.4, -0.2) is 18.0 Å². The van der Waals surface area contributed by atoms with E-state index in [2.05, 4.69) is 19.2 Å². The van der Waals surface area contributed by atoms with Crippen molar-refractivity contribution in [3.05, 3.63) is 0 Å². The zero-order valence-corrected chi connectivity index (χ0v) is 8.31. The summed E-state index contributed by atoms with van der Waals surface area (Å²) in [5.74, 6) is -0.233. The van der Waals surface area contributed by atoms with E-state index in [1.54, 1.807) is 0 Å². The Labute approximate surface area is 74.7 Å². The zero-order valence-electron chi connectivity index (χ0n) is 8.31. The van der Waals surface area contributed by atoms with Crippen molar-refractivity contribution >= 4 is 5.91 Å². The third-order valence-corrected chi connectivity index (χ3v) is 2.15. The summed E-state index contributed by atoms with van der Waals surface area (Å²) in [6.45, 7) is 7.14. The van der Waals surface area contributed by atoms with Gasteiger partial charge in [-0.3, -0.25) is 4.79 Å². The molecule has 0 aliphatic carbocycles. The third kappa shape index (κ3) is 4.34. The van der Waals surface area contributed by atoms with Crippen LogP contribution in [0, 0.1) is 0 Å². The first-order valence-corrected chi connectivity index (χ1v) is 4.57. The summed E-state index contributed by atoms with van der Waals surface area (Å²) in [6.07, 6.45) is 2.42. The summed E-state index contributed by atoms with van der Waals surface area (Å²) >= 11 is 0. The first-order valence-electron chi connectivity index (χ1n) is 4.57. The van der Waals surface area contributed by atoms with Crippen LogP contribution in [0.25, 0.3) is 0 Å². The first kappa shape index (κ1) is 11.4. The largest absolute Gasteiger partial charge is 0.370 e. The second-order valence-corrected chi connectivity index (χ2v) is 3.48. The minimum absolute atomic E-state index is 0.109. The molecule has 0 aliphatic heterocycles. The second-order valence-electron chi connectivity index (χ2n) is 3.48. The van der Waals surface area contributed by atoms with E-state index in [-0.39, 0.29) is 11.4 Å². The van der Waals surface area contributed by atoms with E-state index in [0.717, 1.165) is 19.4 Å². The maximum atomic E-state index is 10.7. The molecule has 0 aromatic rings. The van der Waals surface area contributed by atoms with Gasteiger partial charge in [0, 0.05) is 12.0 Å². The molecule has 3 heteroatoms. The summed E-state index contributed by atoms with van der Waals surface area (Å²) in [7, 11) is 0. The van der Waals surface area contributed by atoms with Gasteiger partial charge in [0.25, 0.3) is 0 Å². The van der Waals surface area contributed by atoms with E-state index < -0.39 is 0 Å². The Bertz CT molecular complexity index is 147. The van der Waals surface area contributed by atoms with E-state index in [1.165, 1.54) is 0 Å². The van der Waals surface area contributed by atoms with Crippen LogP contribution in [0.2, 0.25) is 0 Å². The number of rotatable bonds is 6. The number of nitrogens with two attached hydrogens (primary N) is 1. The van der Waals surface area contributed by atoms with Gasteiger partial charge in [-0.15, -0.1) is 0 Å². The van der Waals surface area contributed by atoms with Crippen LogP contribution >= 0.6 is 0 Å². The van der Waals surface area contributed by atoms with Gasteiger partial charge in [0.15, 0.2) is 0 Å². The molecule has 0 saturated carbocycles. The van der Waals surface area contributed by atoms with E-state index in [1.807, 2.05) is 6.92 Å². The maximum absolute atomic E-state index is 10.7. The fraction of sp³-hybridized carbons (Fsp3) is 0.889. The highest BCUT2D eigenvalue weighted by atomic mass is 16.1. The summed E-state index contributed by atoms with van der Waals surface area (Å²) < 4.78 is 0. The quantitative estimate of drug-likeness (QED) is 0.628. The molecule has 0 aliphatic rings. The molecule has 0 aromatic carbocycles. The Kier molecular flexibility index (Phi) is 4.90. The van der Waals surface area contributed by atoms with Crippen molar-refractivity contribution in [3.63, 3.8) is 0 Å². The van der Waals surface area contributed by atoms with Gasteiger partial charge in [-0.25, -0.2) is 0 Å². The van der Waals surface area contributed by atoms with Crippen LogP contribution < -0.4 is 11.1 Å². The van der Waals surface area contributed by atoms with Gasteiger partial charge < -0.3 is 11.1 Å². The maximum Gasteiger partial charge on any atom is 0.219 e. The SMILES string of the molecule is CCCNC(C)(CC)CC(N)=O. The lowest BCUT2D eigenvalue weighted by Gasteiger charge is -2.28. The molecule has 72 valence electrons. The highest BCUT2D eigenvalue weighted by molar-refractivity contribution is 5.75. The number of hydrogen-bond donors (Lipinski definition) is 2. The molecule has 0 fully saturated rings. The number of nitrogens with one attached hydrogen (secondary N) is 1. The molecule has 3 N–H and O–H groups in total. The van der Waals surface area contributed by atoms with Crippen molar-refractivity contribution in [3.8, 4) is 0 Å². The van der Waals surface area contributed by atoms with Crippen molar-refractivity contribution in [2.24, 2.45) is 5.73 Å². The molecular formula is C9H20N2O. The standard InChI is InChI=1S/C9H20N2O/c1-4-6-11-9(3,5-2)7-8(10)12/h11H,4-7H2,1-3H3,(H2,10,12). The van der Waals surface area contributed by atoms with Crippen molar-refractivity contribution in [1.29, 1.82) is 0 Å². The normalized spacial score (nSPS) is 15.6. The molecule has 0 radical (unpaired) electrons. The van der Waals surface area contributed by atoms with Gasteiger partial charge in [-0.05, 0) is 26.3 Å². The summed E-state index contributed by atoms with van der Waals surface area (Å²) in [5.41, 5.74) is 5.04. The zero-order chi connectivity index (χ0) is 9.61. The lowest BCUT2D eigenvalue weighted by atomic mass is 9.94. The van der Waals surface area contributed by atoms with Gasteiger partial charge in [-0.2, -0.15) is 0 Å². The molecule has 1 unspecified atom stereocenters. The highest BCUT2D eigenvalue weighted by Crippen LogP contribution is 2.13. The molecule has 0 aromatic heterocycles. The van der Waals surface area contributed by atoms with Gasteiger partial charge in [0.2, 0.25) is 5.91 Å². The Morgan fingerprint density at radius 2 is 2.08 bits per heavy atom. The second kappa shape index (κ2) is 5.14. The minimum Gasteiger partial charge on any atom is -0.370 e. The van der Waals surface area contributed by atoms with E-state index in [4.69, 9.17) is 5.73 Å². The Balaban J connectivity index is 3.95. The molecule has 3 nitrogen and oxygen atoms in total. The van der Waals surface area contributed by atoms with Crippen LogP contribution in [0.15, 0.2) is 0 Å². The lowest BCUT2D eigenvalue weighted by Crippen LogP contribution is -2.45. The van der Waals surface area contributed by atoms with Crippen LogP contribution in [-0.2, 0) is 4.79 Å². The van der Waals surface area contributed by atoms with Crippen molar-refractivity contribution in [1.82, 2.24) is 5.32 Å². The molecular weight excluding hydrogens is 152 g/mol. The fourth-order valence-electron chi connectivity index (χ4n) is 1.12. The Hall–Kier alpha value is -0.570. The lowest BCUT2D eigenvalue weighted by molar-refractivity contribution is -0.119. The molecule has 0 saturated heterocycles. The van der Waals surface area contributed by atoms with Gasteiger partial charge in [0.05, 0.1) is 0 Å². The van der Waals surface area contributed by atoms with E-state index in [0.29, 0.717) is 6.42 Å². The Morgan fingerprint density at radius 1 is 1.50 bits per heavy atom. The minimum atomic E-state index is -0.233. The molecule has 0 heterocycles. The van der Waals surface area contributed by atoms with E-state index >= 15 is 0 Å². The van der Waals surface area contributed by atoms with Crippen LogP contribution in [0.1, 0.15) is 40.0 Å². The summed E-state index contributed by atoms with van der Waals surface area (Å²) in [4.78, 5) is 10.7. The van der Waals surface area contributed by atoms with Crippen molar-refractivity contribution in [2.45, 2.75) is 45.6 Å². The predicted molar refractivity (Wildman–Crippen MR) is 50.8 cm³/mol. The summed E-state index contributed by atoms with van der Waals surface area (Å²) in [6, 6.07) is 0. The molecule has 1 amide bonds. The van der Waals surface area contributed by atoms with Crippen LogP contribution in [0.4, 0.5) is 0 Å². The number of carbonyl (C=O) groups excluding carboxylic acids is 1. The van der Waals surface area contributed by atoms with Crippen molar-refractivity contribution < 1.29 is 4.79 Å². The van der Waals surface area contributed by atoms with Crippen molar-refractivity contribution in [2.75, 3.05) is 6.54 Å². The van der Waals surface area contributed by atoms with Crippen LogP contribution in [0.5, 0.6) is 0 Å². The molecule has 1 atom stereocenters. The number of carbonyl (C=O) groups is 1. The molecule has 0 rings (SSSR count). The summed E-state index contributed by atoms with van der Waals surface area (Å²) in [5, 5.41) is 3.33. The predicted octanol–water partition coefficient (Wildman–Crippen LogP) is 1.03. The average Bonchev–Trinajstić information content (AvgIpc) is 2.00. The molecule has 12 heavy (non-hydrogen) atoms. The van der Waals surface area contributed by atoms with Crippen LogP contribution in [0.3, 0.4) is 0 Å². The number of hydrogen-bond acceptors (Lipinski definition) is 2.